The maximum absolute atomic E-state index is 13.1. The third-order valence-electron chi connectivity index (χ3n) is 4.70. The maximum atomic E-state index is 13.1. The van der Waals surface area contributed by atoms with Crippen molar-refractivity contribution >= 4 is 28.9 Å². The van der Waals surface area contributed by atoms with E-state index in [1.54, 1.807) is 20.8 Å². The molecule has 2 heterocycles. The predicted octanol–water partition coefficient (Wildman–Crippen LogP) is 3.49. The molecule has 0 spiro atoms. The number of benzene rings is 1. The molecule has 0 unspecified atom stereocenters. The monoisotopic (exact) mass is 426 g/mol. The number of nitrogens with zero attached hydrogens (tertiary/aromatic N) is 3. The van der Waals surface area contributed by atoms with E-state index < -0.39 is 23.6 Å². The fraction of sp³-hybridized carbons (Fsp3) is 0.455. The van der Waals surface area contributed by atoms with Gasteiger partial charge in [-0.25, -0.2) is 4.79 Å². The van der Waals surface area contributed by atoms with Gasteiger partial charge in [0.15, 0.2) is 0 Å². The first kappa shape index (κ1) is 22.3. The average Bonchev–Trinajstić information content (AvgIpc) is 3.25. The molecule has 31 heavy (non-hydrogen) atoms. The van der Waals surface area contributed by atoms with Gasteiger partial charge in [-0.15, -0.1) is 5.10 Å². The molecule has 3 aromatic rings. The fourth-order valence-corrected chi connectivity index (χ4v) is 3.25. The second kappa shape index (κ2) is 8.79. The standard InChI is InChI=1S/C22H30N6O3/c1-13(2)18-24-20(27-26-18)25-19(29)16(23-21(30)31-22(3,4)5)11-14-12-28(6)17-10-8-7-9-15(14)17/h7-10,12-13,16H,11H2,1-6H3,(H,23,30)(H2,24,25,26,27,29)/t16-/m1/s1. The molecule has 1 atom stereocenters. The molecule has 0 aliphatic rings. The Morgan fingerprint density at radius 3 is 2.58 bits per heavy atom. The van der Waals surface area contributed by atoms with Crippen LogP contribution in [0, 0.1) is 0 Å². The molecule has 3 N–H and O–H groups in total. The summed E-state index contributed by atoms with van der Waals surface area (Å²) in [7, 11) is 1.95. The van der Waals surface area contributed by atoms with Crippen LogP contribution in [0.15, 0.2) is 30.5 Å². The van der Waals surface area contributed by atoms with Crippen molar-refractivity contribution in [1.82, 2.24) is 25.1 Å². The topological polar surface area (TPSA) is 114 Å². The Labute approximate surface area is 181 Å². The third kappa shape index (κ3) is 5.62. The van der Waals surface area contributed by atoms with E-state index in [9.17, 15) is 9.59 Å². The number of nitrogens with one attached hydrogen (secondary N) is 3. The number of hydrogen-bond acceptors (Lipinski definition) is 5. The van der Waals surface area contributed by atoms with Gasteiger partial charge in [-0.1, -0.05) is 32.0 Å². The van der Waals surface area contributed by atoms with Crippen molar-refractivity contribution in [1.29, 1.82) is 0 Å². The summed E-state index contributed by atoms with van der Waals surface area (Å²) in [6.07, 6.45) is 1.59. The lowest BCUT2D eigenvalue weighted by atomic mass is 10.0. The van der Waals surface area contributed by atoms with Crippen molar-refractivity contribution in [2.75, 3.05) is 5.32 Å². The van der Waals surface area contributed by atoms with Crippen molar-refractivity contribution in [3.8, 4) is 0 Å². The van der Waals surface area contributed by atoms with E-state index in [4.69, 9.17) is 4.74 Å². The largest absolute Gasteiger partial charge is 0.444 e. The minimum atomic E-state index is -0.873. The van der Waals surface area contributed by atoms with Crippen LogP contribution in [0.3, 0.4) is 0 Å². The zero-order valence-corrected chi connectivity index (χ0v) is 18.8. The van der Waals surface area contributed by atoms with Gasteiger partial charge < -0.3 is 14.6 Å². The van der Waals surface area contributed by atoms with Crippen molar-refractivity contribution in [3.05, 3.63) is 41.9 Å². The van der Waals surface area contributed by atoms with Crippen molar-refractivity contribution < 1.29 is 14.3 Å². The molecule has 166 valence electrons. The molecule has 0 saturated heterocycles. The van der Waals surface area contributed by atoms with E-state index in [0.29, 0.717) is 5.82 Å². The zero-order chi connectivity index (χ0) is 22.8. The Bertz CT molecular complexity index is 1080. The summed E-state index contributed by atoms with van der Waals surface area (Å²) in [6.45, 7) is 9.26. The average molecular weight is 427 g/mol. The predicted molar refractivity (Wildman–Crippen MR) is 119 cm³/mol. The van der Waals surface area contributed by atoms with Crippen LogP contribution in [-0.4, -0.2) is 43.4 Å². The Morgan fingerprint density at radius 1 is 1.23 bits per heavy atom. The third-order valence-corrected chi connectivity index (χ3v) is 4.70. The molecule has 0 radical (unpaired) electrons. The second-order valence-electron chi connectivity index (χ2n) is 8.87. The molecule has 9 nitrogen and oxygen atoms in total. The smallest absolute Gasteiger partial charge is 0.408 e. The summed E-state index contributed by atoms with van der Waals surface area (Å²) in [5, 5.41) is 13.3. The maximum Gasteiger partial charge on any atom is 0.408 e. The van der Waals surface area contributed by atoms with Crippen LogP contribution >= 0.6 is 0 Å². The van der Waals surface area contributed by atoms with E-state index in [1.165, 1.54) is 0 Å². The number of aryl methyl sites for hydroxylation is 1. The van der Waals surface area contributed by atoms with Crippen LogP contribution in [-0.2, 0) is 23.0 Å². The number of carbonyl (C=O) groups excluding carboxylic acids is 2. The normalized spacial score (nSPS) is 12.7. The second-order valence-corrected chi connectivity index (χ2v) is 8.87. The number of aromatic amines is 1. The highest BCUT2D eigenvalue weighted by atomic mass is 16.6. The lowest BCUT2D eigenvalue weighted by Gasteiger charge is -2.23. The molecule has 3 rings (SSSR count). The molecular formula is C22H30N6O3. The minimum absolute atomic E-state index is 0.143. The molecule has 1 aromatic carbocycles. The summed E-state index contributed by atoms with van der Waals surface area (Å²) >= 11 is 0. The number of hydrogen-bond donors (Lipinski definition) is 3. The number of anilines is 1. The SMILES string of the molecule is CC(C)c1nc(NC(=O)[C@@H](Cc2cn(C)c3ccccc23)NC(=O)OC(C)(C)C)n[nH]1. The van der Waals surface area contributed by atoms with Gasteiger partial charge in [-0.3, -0.25) is 15.2 Å². The summed E-state index contributed by atoms with van der Waals surface area (Å²) in [5.74, 6) is 0.557. The quantitative estimate of drug-likeness (QED) is 0.558. The molecule has 0 bridgehead atoms. The number of alkyl carbamates (subject to hydrolysis) is 1. The molecule has 0 saturated carbocycles. The highest BCUT2D eigenvalue weighted by Gasteiger charge is 2.27. The van der Waals surface area contributed by atoms with Crippen molar-refractivity contribution in [2.24, 2.45) is 7.05 Å². The molecule has 0 aliphatic heterocycles. The van der Waals surface area contributed by atoms with Crippen LogP contribution in [0.1, 0.15) is 51.9 Å². The number of carbonyl (C=O) groups is 2. The molecule has 2 aromatic heterocycles. The summed E-state index contributed by atoms with van der Waals surface area (Å²) < 4.78 is 7.36. The first-order valence-corrected chi connectivity index (χ1v) is 10.3. The van der Waals surface area contributed by atoms with Gasteiger partial charge >= 0.3 is 6.09 Å². The van der Waals surface area contributed by atoms with E-state index in [-0.39, 0.29) is 18.3 Å². The Hall–Kier alpha value is -3.36. The van der Waals surface area contributed by atoms with E-state index in [1.807, 2.05) is 55.9 Å². The highest BCUT2D eigenvalue weighted by molar-refractivity contribution is 5.96. The lowest BCUT2D eigenvalue weighted by Crippen LogP contribution is -2.47. The highest BCUT2D eigenvalue weighted by Crippen LogP contribution is 2.22. The summed E-state index contributed by atoms with van der Waals surface area (Å²) in [6, 6.07) is 7.04. The minimum Gasteiger partial charge on any atom is -0.444 e. The molecule has 0 fully saturated rings. The van der Waals surface area contributed by atoms with Crippen molar-refractivity contribution in [3.63, 3.8) is 0 Å². The first-order chi connectivity index (χ1) is 14.5. The molecule has 0 aliphatic carbocycles. The Kier molecular flexibility index (Phi) is 6.33. The Morgan fingerprint density at radius 2 is 1.94 bits per heavy atom. The molecule has 9 heteroatoms. The van der Waals surface area contributed by atoms with Gasteiger partial charge in [0.1, 0.15) is 17.5 Å². The zero-order valence-electron chi connectivity index (χ0n) is 18.8. The van der Waals surface area contributed by atoms with Crippen LogP contribution in [0.4, 0.5) is 10.7 Å². The Balaban J connectivity index is 1.84. The van der Waals surface area contributed by atoms with Crippen LogP contribution in [0.25, 0.3) is 10.9 Å². The van der Waals surface area contributed by atoms with Gasteiger partial charge in [0.2, 0.25) is 11.9 Å². The van der Waals surface area contributed by atoms with Gasteiger partial charge in [0, 0.05) is 36.5 Å². The number of ether oxygens (including phenoxy) is 1. The number of H-pyrrole nitrogens is 1. The number of rotatable bonds is 6. The van der Waals surface area contributed by atoms with E-state index in [2.05, 4.69) is 25.8 Å². The summed E-state index contributed by atoms with van der Waals surface area (Å²) in [5.41, 5.74) is 1.30. The lowest BCUT2D eigenvalue weighted by molar-refractivity contribution is -0.118. The van der Waals surface area contributed by atoms with Crippen LogP contribution in [0.5, 0.6) is 0 Å². The number of para-hydroxylation sites is 1. The molecular weight excluding hydrogens is 396 g/mol. The van der Waals surface area contributed by atoms with Crippen molar-refractivity contribution in [2.45, 2.75) is 58.6 Å². The number of aromatic nitrogens is 4. The van der Waals surface area contributed by atoms with E-state index in [0.717, 1.165) is 16.5 Å². The van der Waals surface area contributed by atoms with Gasteiger partial charge in [0.25, 0.3) is 0 Å². The summed E-state index contributed by atoms with van der Waals surface area (Å²) in [4.78, 5) is 29.8. The van der Waals surface area contributed by atoms with E-state index >= 15 is 0 Å². The van der Waals surface area contributed by atoms with Crippen LogP contribution < -0.4 is 10.6 Å². The number of amides is 2. The van der Waals surface area contributed by atoms with Gasteiger partial charge in [-0.05, 0) is 32.4 Å². The first-order valence-electron chi connectivity index (χ1n) is 10.3. The number of fused-ring (bicyclic) bond motifs is 1. The van der Waals surface area contributed by atoms with Crippen LogP contribution in [0.2, 0.25) is 0 Å². The van der Waals surface area contributed by atoms with Gasteiger partial charge in [-0.2, -0.15) is 4.98 Å². The fourth-order valence-electron chi connectivity index (χ4n) is 3.25. The molecule has 2 amide bonds. The van der Waals surface area contributed by atoms with Gasteiger partial charge in [0.05, 0.1) is 0 Å².